The SMILES string of the molecule is CCCCCCCCCCCCCCCCC[C@H](O)[C@H](C)C[C@H](C)C[C@H](C)C[C@H](C)C[C@@H](C)C(=O)O[C@@H]1[C@H](O[C@H]2O[C@H](CO)[C@@H](O)[C@H](O)[C@H]2OS(=O)(=O)O)O[C@@H](CO)[C@H](O)[C@H]1OC(=O)CCCCCCCCCCCCCCC. The highest BCUT2D eigenvalue weighted by Crippen LogP contribution is 2.35. The molecule has 0 amide bonds. The smallest absolute Gasteiger partial charge is 0.397 e. The van der Waals surface area contributed by atoms with Gasteiger partial charge in [0.1, 0.15) is 30.5 Å². The molecular weight excluding hydrogens is 1040 g/mol. The van der Waals surface area contributed by atoms with Gasteiger partial charge in [0, 0.05) is 6.42 Å². The van der Waals surface area contributed by atoms with Crippen LogP contribution in [-0.4, -0.2) is 136 Å². The average Bonchev–Trinajstić information content (AvgIpc) is 3.44. The van der Waals surface area contributed by atoms with Gasteiger partial charge in [0.05, 0.1) is 25.2 Å². The van der Waals surface area contributed by atoms with Crippen molar-refractivity contribution in [2.75, 3.05) is 13.2 Å². The monoisotopic (exact) mass is 1150 g/mol. The average molecular weight is 1150 g/mol. The second-order valence-corrected chi connectivity index (χ2v) is 25.4. The molecular formula is C61H116O17S. The van der Waals surface area contributed by atoms with Gasteiger partial charge in [-0.15, -0.1) is 0 Å². The van der Waals surface area contributed by atoms with Crippen molar-refractivity contribution in [1.82, 2.24) is 0 Å². The van der Waals surface area contributed by atoms with Crippen LogP contribution in [0, 0.1) is 29.6 Å². The minimum Gasteiger partial charge on any atom is -0.455 e. The maximum atomic E-state index is 14.1. The summed E-state index contributed by atoms with van der Waals surface area (Å²) < 4.78 is 67.3. The van der Waals surface area contributed by atoms with Crippen molar-refractivity contribution in [3.05, 3.63) is 0 Å². The van der Waals surface area contributed by atoms with E-state index in [9.17, 15) is 53.2 Å². The molecule has 17 nitrogen and oxygen atoms in total. The Morgan fingerprint density at radius 3 is 1.33 bits per heavy atom. The Labute approximate surface area is 478 Å². The van der Waals surface area contributed by atoms with E-state index in [4.69, 9.17) is 23.7 Å². The fraction of sp³-hybridized carbons (Fsp3) is 0.967. The lowest BCUT2D eigenvalue weighted by Gasteiger charge is -2.46. The van der Waals surface area contributed by atoms with Crippen LogP contribution in [0.5, 0.6) is 0 Å². The van der Waals surface area contributed by atoms with Crippen molar-refractivity contribution >= 4 is 22.3 Å². The molecule has 0 radical (unpaired) electrons. The van der Waals surface area contributed by atoms with Crippen LogP contribution in [0.3, 0.4) is 0 Å². The Morgan fingerprint density at radius 2 is 0.886 bits per heavy atom. The van der Waals surface area contributed by atoms with Gasteiger partial charge in [0.25, 0.3) is 0 Å². The second-order valence-electron chi connectivity index (χ2n) is 24.3. The third-order valence-corrected chi connectivity index (χ3v) is 16.9. The minimum absolute atomic E-state index is 0.0279. The van der Waals surface area contributed by atoms with Crippen LogP contribution >= 0.6 is 0 Å². The van der Waals surface area contributed by atoms with Crippen molar-refractivity contribution in [2.45, 2.75) is 334 Å². The van der Waals surface area contributed by atoms with Crippen LogP contribution in [0.2, 0.25) is 0 Å². The number of esters is 2. The van der Waals surface area contributed by atoms with Crippen LogP contribution in [0.4, 0.5) is 0 Å². The van der Waals surface area contributed by atoms with Crippen LogP contribution in [0.15, 0.2) is 0 Å². The van der Waals surface area contributed by atoms with Crippen molar-refractivity contribution < 1.29 is 81.1 Å². The number of carbonyl (C=O) groups excluding carboxylic acids is 2. The molecule has 18 heteroatoms. The molecule has 0 aromatic carbocycles. The summed E-state index contributed by atoms with van der Waals surface area (Å²) in [4.78, 5) is 27.6. The first-order valence-corrected chi connectivity index (χ1v) is 33.1. The fourth-order valence-electron chi connectivity index (χ4n) is 11.9. The van der Waals surface area contributed by atoms with E-state index in [-0.39, 0.29) is 24.4 Å². The summed E-state index contributed by atoms with van der Waals surface area (Å²) in [5, 5.41) is 64.2. The Bertz CT molecular complexity index is 1640. The molecule has 2 aliphatic rings. The van der Waals surface area contributed by atoms with Gasteiger partial charge in [-0.2, -0.15) is 8.42 Å². The molecule has 2 fully saturated rings. The molecule has 7 N–H and O–H groups in total. The highest BCUT2D eigenvalue weighted by molar-refractivity contribution is 7.80. The zero-order valence-electron chi connectivity index (χ0n) is 50.3. The van der Waals surface area contributed by atoms with Crippen molar-refractivity contribution in [2.24, 2.45) is 29.6 Å². The lowest BCUT2D eigenvalue weighted by atomic mass is 9.82. The lowest BCUT2D eigenvalue weighted by Crippen LogP contribution is -2.65. The molecule has 0 aromatic heterocycles. The normalized spacial score (nSPS) is 26.1. The fourth-order valence-corrected chi connectivity index (χ4v) is 12.3. The van der Waals surface area contributed by atoms with Gasteiger partial charge in [-0.25, -0.2) is 4.18 Å². The zero-order chi connectivity index (χ0) is 58.6. The van der Waals surface area contributed by atoms with E-state index in [1.165, 1.54) is 135 Å². The predicted molar refractivity (Wildman–Crippen MR) is 307 cm³/mol. The first-order valence-electron chi connectivity index (χ1n) is 31.7. The van der Waals surface area contributed by atoms with Gasteiger partial charge in [-0.05, 0) is 62.2 Å². The van der Waals surface area contributed by atoms with Gasteiger partial charge in [0.15, 0.2) is 24.6 Å². The molecule has 79 heavy (non-hydrogen) atoms. The highest BCUT2D eigenvalue weighted by Gasteiger charge is 2.55. The molecule has 2 saturated heterocycles. The Kier molecular flexibility index (Phi) is 40.2. The van der Waals surface area contributed by atoms with E-state index >= 15 is 0 Å². The largest absolute Gasteiger partial charge is 0.455 e. The van der Waals surface area contributed by atoms with Crippen molar-refractivity contribution in [3.8, 4) is 0 Å². The molecule has 2 heterocycles. The summed E-state index contributed by atoms with van der Waals surface area (Å²) in [7, 11) is -5.32. The zero-order valence-corrected chi connectivity index (χ0v) is 51.1. The Morgan fingerprint density at radius 1 is 0.494 bits per heavy atom. The van der Waals surface area contributed by atoms with Gasteiger partial charge >= 0.3 is 22.3 Å². The summed E-state index contributed by atoms with van der Waals surface area (Å²) in [6.45, 7) is 13.0. The molecule has 0 spiro atoms. The van der Waals surface area contributed by atoms with Crippen LogP contribution in [-0.2, 0) is 47.9 Å². The van der Waals surface area contributed by atoms with E-state index in [0.717, 1.165) is 64.2 Å². The third kappa shape index (κ3) is 31.8. The maximum absolute atomic E-state index is 14.1. The van der Waals surface area contributed by atoms with Gasteiger partial charge in [0.2, 0.25) is 6.29 Å². The van der Waals surface area contributed by atoms with Gasteiger partial charge < -0.3 is 54.3 Å². The first kappa shape index (κ1) is 73.6. The Hall–Kier alpha value is -1.55. The van der Waals surface area contributed by atoms with E-state index in [0.29, 0.717) is 24.7 Å². The third-order valence-electron chi connectivity index (χ3n) is 16.4. The van der Waals surface area contributed by atoms with Crippen LogP contribution < -0.4 is 0 Å². The summed E-state index contributed by atoms with van der Waals surface area (Å²) >= 11 is 0. The number of ether oxygens (including phenoxy) is 5. The number of hydrogen-bond acceptors (Lipinski definition) is 16. The Balaban J connectivity index is 2.00. The molecule has 0 aliphatic carbocycles. The molecule has 2 aliphatic heterocycles. The minimum atomic E-state index is -5.32. The number of carbonyl (C=O) groups is 2. The number of aliphatic hydroxyl groups is 6. The number of hydrogen-bond donors (Lipinski definition) is 7. The molecule has 16 atom stereocenters. The number of aliphatic hydroxyl groups excluding tert-OH is 6. The van der Waals surface area contributed by atoms with E-state index in [1.807, 2.05) is 6.92 Å². The number of unbranched alkanes of at least 4 members (excludes halogenated alkanes) is 26. The highest BCUT2D eigenvalue weighted by atomic mass is 32.3. The molecule has 0 bridgehead atoms. The lowest BCUT2D eigenvalue weighted by molar-refractivity contribution is -0.374. The molecule has 0 unspecified atom stereocenters. The van der Waals surface area contributed by atoms with Crippen LogP contribution in [0.1, 0.15) is 267 Å². The van der Waals surface area contributed by atoms with E-state index in [1.54, 1.807) is 6.92 Å². The summed E-state index contributed by atoms with van der Waals surface area (Å²) in [6, 6.07) is 0. The number of rotatable bonds is 48. The molecule has 0 saturated carbocycles. The van der Waals surface area contributed by atoms with E-state index in [2.05, 4.69) is 38.8 Å². The van der Waals surface area contributed by atoms with Gasteiger partial charge in [-0.1, -0.05) is 222 Å². The standard InChI is InChI=1S/C61H116O17S/c1-8-10-12-14-16-18-20-22-23-25-26-28-30-32-34-36-49(64)47(6)40-45(4)38-44(3)39-46(5)41-48(7)59(69)76-58-56(75-52(65)37-35-33-31-29-27-24-21-19-17-15-13-11-9-2)54(67)51(43-63)74-61(58)77-60-57(78-79(70,71)72)55(68)53(66)50(42-62)73-60/h44-51,53-58,60-64,66-68H,8-43H2,1-7H3,(H,70,71,72)/t44-,45+,46-,47+,48+,49-,50+,51-,53+,54-,55-,56+,57+,58-,60+,61-/m0/s1. The predicted octanol–water partition coefficient (Wildman–Crippen LogP) is 11.4. The topological polar surface area (TPSA) is 265 Å². The van der Waals surface area contributed by atoms with Crippen molar-refractivity contribution in [1.29, 1.82) is 0 Å². The van der Waals surface area contributed by atoms with E-state index < -0.39 is 103 Å². The quantitative estimate of drug-likeness (QED) is 0.0170. The summed E-state index contributed by atoms with van der Waals surface area (Å²) in [5.41, 5.74) is 0. The summed E-state index contributed by atoms with van der Waals surface area (Å²) in [6.07, 6.45) is 19.1. The second kappa shape index (κ2) is 43.1. The molecule has 2 rings (SSSR count). The summed E-state index contributed by atoms with van der Waals surface area (Å²) in [5.74, 6) is -1.29. The first-order chi connectivity index (χ1) is 37.8. The molecule has 468 valence electrons. The maximum Gasteiger partial charge on any atom is 0.397 e. The van der Waals surface area contributed by atoms with Crippen molar-refractivity contribution in [3.63, 3.8) is 0 Å². The van der Waals surface area contributed by atoms with Gasteiger partial charge in [-0.3, -0.25) is 14.1 Å². The van der Waals surface area contributed by atoms with Crippen LogP contribution in [0.25, 0.3) is 0 Å². The molecule has 0 aromatic rings.